The second-order valence-corrected chi connectivity index (χ2v) is 7.23. The molecule has 1 aromatic heterocycles. The number of carbonyl (C=O) groups excluding carboxylic acids is 1. The second-order valence-electron chi connectivity index (χ2n) is 4.01. The zero-order valence-electron chi connectivity index (χ0n) is 9.73. The van der Waals surface area contributed by atoms with E-state index in [1.165, 1.54) is 11.3 Å². The third-order valence-electron chi connectivity index (χ3n) is 2.83. The van der Waals surface area contributed by atoms with Crippen LogP contribution in [-0.4, -0.2) is 19.1 Å². The van der Waals surface area contributed by atoms with Crippen LogP contribution >= 0.6 is 43.2 Å². The molecule has 0 atom stereocenters. The molecular weight excluding hydrogens is 394 g/mol. The van der Waals surface area contributed by atoms with Crippen molar-refractivity contribution >= 4 is 54.8 Å². The molecule has 1 aromatic carbocycles. The Hall–Kier alpha value is -0.850. The van der Waals surface area contributed by atoms with Gasteiger partial charge in [-0.1, -0.05) is 12.1 Å². The fourth-order valence-corrected chi connectivity index (χ4v) is 3.95. The molecule has 19 heavy (non-hydrogen) atoms. The van der Waals surface area contributed by atoms with Gasteiger partial charge in [0.25, 0.3) is 5.91 Å². The van der Waals surface area contributed by atoms with Gasteiger partial charge in [0, 0.05) is 4.47 Å². The minimum Gasteiger partial charge on any atom is -0.490 e. The lowest BCUT2D eigenvalue weighted by molar-refractivity contribution is 0.0980. The number of hydrogen-bond acceptors (Lipinski definition) is 3. The van der Waals surface area contributed by atoms with Gasteiger partial charge in [-0.05, 0) is 50.1 Å². The largest absolute Gasteiger partial charge is 0.490 e. The Balaban J connectivity index is 1.97. The number of para-hydroxylation sites is 2. The Kier molecular flexibility index (Phi) is 3.64. The number of benzene rings is 1. The van der Waals surface area contributed by atoms with Crippen molar-refractivity contribution in [1.29, 1.82) is 0 Å². The van der Waals surface area contributed by atoms with Gasteiger partial charge in [0.1, 0.15) is 12.4 Å². The number of anilines is 1. The fourth-order valence-electron chi connectivity index (χ4n) is 1.97. The topological polar surface area (TPSA) is 29.5 Å². The molecule has 3 nitrogen and oxygen atoms in total. The minimum atomic E-state index is 0.00662. The molecule has 3 rings (SSSR count). The standard InChI is InChI=1S/C13H9Br2NO2S/c14-8-7-11(19-12(8)15)13(17)16-5-6-18-10-4-2-1-3-9(10)16/h1-4,7H,5-6H2. The number of nitrogens with zero attached hydrogens (tertiary/aromatic N) is 1. The number of thiophene rings is 1. The van der Waals surface area contributed by atoms with Gasteiger partial charge < -0.3 is 9.64 Å². The summed E-state index contributed by atoms with van der Waals surface area (Å²) in [4.78, 5) is 15.0. The molecule has 0 fully saturated rings. The molecule has 0 saturated heterocycles. The van der Waals surface area contributed by atoms with Crippen LogP contribution in [0.4, 0.5) is 5.69 Å². The molecule has 0 unspecified atom stereocenters. The van der Waals surface area contributed by atoms with Crippen LogP contribution in [0.15, 0.2) is 38.6 Å². The van der Waals surface area contributed by atoms with Gasteiger partial charge in [-0.15, -0.1) is 11.3 Å². The quantitative estimate of drug-likeness (QED) is 0.711. The highest BCUT2D eigenvalue weighted by Crippen LogP contribution is 2.36. The van der Waals surface area contributed by atoms with Crippen molar-refractivity contribution in [2.45, 2.75) is 0 Å². The van der Waals surface area contributed by atoms with Crippen LogP contribution in [0.1, 0.15) is 9.67 Å². The molecule has 6 heteroatoms. The first-order valence-corrected chi connectivity index (χ1v) is 8.05. The summed E-state index contributed by atoms with van der Waals surface area (Å²) in [6.07, 6.45) is 0. The van der Waals surface area contributed by atoms with Crippen LogP contribution in [0, 0.1) is 0 Å². The first-order chi connectivity index (χ1) is 9.16. The van der Waals surface area contributed by atoms with Crippen LogP contribution in [0.25, 0.3) is 0 Å². The Labute approximate surface area is 131 Å². The highest BCUT2D eigenvalue weighted by Gasteiger charge is 2.25. The first kappa shape index (κ1) is 13.1. The van der Waals surface area contributed by atoms with E-state index in [4.69, 9.17) is 4.74 Å². The van der Waals surface area contributed by atoms with Crippen molar-refractivity contribution in [2.75, 3.05) is 18.1 Å². The summed E-state index contributed by atoms with van der Waals surface area (Å²) < 4.78 is 7.39. The molecule has 0 saturated carbocycles. The maximum atomic E-state index is 12.6. The van der Waals surface area contributed by atoms with E-state index in [1.54, 1.807) is 4.90 Å². The van der Waals surface area contributed by atoms with Crippen molar-refractivity contribution in [1.82, 2.24) is 0 Å². The summed E-state index contributed by atoms with van der Waals surface area (Å²) in [5.41, 5.74) is 0.833. The van der Waals surface area contributed by atoms with Crippen molar-refractivity contribution in [3.8, 4) is 5.75 Å². The number of amides is 1. The maximum Gasteiger partial charge on any atom is 0.268 e. The van der Waals surface area contributed by atoms with E-state index in [9.17, 15) is 4.79 Å². The molecule has 98 valence electrons. The lowest BCUT2D eigenvalue weighted by Crippen LogP contribution is -2.37. The van der Waals surface area contributed by atoms with Crippen LogP contribution < -0.4 is 9.64 Å². The molecule has 2 aromatic rings. The number of rotatable bonds is 1. The van der Waals surface area contributed by atoms with Gasteiger partial charge in [-0.25, -0.2) is 0 Å². The Morgan fingerprint density at radius 2 is 2.11 bits per heavy atom. The molecule has 0 N–H and O–H groups in total. The van der Waals surface area contributed by atoms with Crippen LogP contribution in [0.5, 0.6) is 5.75 Å². The lowest BCUT2D eigenvalue weighted by Gasteiger charge is -2.29. The molecule has 0 bridgehead atoms. The third kappa shape index (κ3) is 2.44. The predicted octanol–water partition coefficient (Wildman–Crippen LogP) is 4.31. The van der Waals surface area contributed by atoms with Gasteiger partial charge in [0.2, 0.25) is 0 Å². The Morgan fingerprint density at radius 1 is 1.32 bits per heavy atom. The second kappa shape index (κ2) is 5.26. The van der Waals surface area contributed by atoms with E-state index in [1.807, 2.05) is 30.3 Å². The van der Waals surface area contributed by atoms with Gasteiger partial charge in [-0.2, -0.15) is 0 Å². The van der Waals surface area contributed by atoms with E-state index >= 15 is 0 Å². The molecule has 2 heterocycles. The summed E-state index contributed by atoms with van der Waals surface area (Å²) in [5, 5.41) is 0. The predicted molar refractivity (Wildman–Crippen MR) is 83.3 cm³/mol. The molecule has 1 aliphatic heterocycles. The van der Waals surface area contributed by atoms with E-state index in [-0.39, 0.29) is 5.91 Å². The summed E-state index contributed by atoms with van der Waals surface area (Å²) in [6.45, 7) is 1.10. The van der Waals surface area contributed by atoms with Crippen molar-refractivity contribution in [2.24, 2.45) is 0 Å². The fraction of sp³-hybridized carbons (Fsp3) is 0.154. The van der Waals surface area contributed by atoms with Crippen molar-refractivity contribution in [3.05, 3.63) is 43.5 Å². The Morgan fingerprint density at radius 3 is 2.84 bits per heavy atom. The monoisotopic (exact) mass is 401 g/mol. The average Bonchev–Trinajstić information content (AvgIpc) is 2.77. The average molecular weight is 403 g/mol. The zero-order valence-corrected chi connectivity index (χ0v) is 13.7. The molecule has 0 aliphatic carbocycles. The van der Waals surface area contributed by atoms with E-state index in [0.717, 1.165) is 19.7 Å². The lowest BCUT2D eigenvalue weighted by atomic mass is 10.2. The SMILES string of the molecule is O=C(c1cc(Br)c(Br)s1)N1CCOc2ccccc21. The van der Waals surface area contributed by atoms with E-state index in [0.29, 0.717) is 18.0 Å². The molecule has 0 spiro atoms. The molecular formula is C13H9Br2NO2S. The van der Waals surface area contributed by atoms with Crippen LogP contribution in [0.3, 0.4) is 0 Å². The van der Waals surface area contributed by atoms with E-state index < -0.39 is 0 Å². The summed E-state index contributed by atoms with van der Waals surface area (Å²) in [5.74, 6) is 0.768. The van der Waals surface area contributed by atoms with Crippen molar-refractivity contribution in [3.63, 3.8) is 0 Å². The summed E-state index contributed by atoms with van der Waals surface area (Å²) >= 11 is 8.25. The van der Waals surface area contributed by atoms with Crippen molar-refractivity contribution < 1.29 is 9.53 Å². The third-order valence-corrected chi connectivity index (χ3v) is 6.07. The number of carbonyl (C=O) groups is 1. The van der Waals surface area contributed by atoms with Crippen LogP contribution in [0.2, 0.25) is 0 Å². The number of ether oxygens (including phenoxy) is 1. The number of fused-ring (bicyclic) bond motifs is 1. The molecule has 1 aliphatic rings. The minimum absolute atomic E-state index is 0.00662. The van der Waals surface area contributed by atoms with Crippen LogP contribution in [-0.2, 0) is 0 Å². The zero-order chi connectivity index (χ0) is 13.4. The molecule has 1 amide bonds. The van der Waals surface area contributed by atoms with Gasteiger partial charge >= 0.3 is 0 Å². The first-order valence-electron chi connectivity index (χ1n) is 5.65. The van der Waals surface area contributed by atoms with Gasteiger partial charge in [-0.3, -0.25) is 4.79 Å². The maximum absolute atomic E-state index is 12.6. The normalized spacial score (nSPS) is 13.9. The smallest absolute Gasteiger partial charge is 0.268 e. The number of halogens is 2. The van der Waals surface area contributed by atoms with Gasteiger partial charge in [0.15, 0.2) is 0 Å². The molecule has 0 radical (unpaired) electrons. The number of hydrogen-bond donors (Lipinski definition) is 0. The summed E-state index contributed by atoms with van der Waals surface area (Å²) in [7, 11) is 0. The highest BCUT2D eigenvalue weighted by atomic mass is 79.9. The van der Waals surface area contributed by atoms with E-state index in [2.05, 4.69) is 31.9 Å². The Bertz CT molecular complexity index is 622. The summed E-state index contributed by atoms with van der Waals surface area (Å²) in [6, 6.07) is 9.45. The highest BCUT2D eigenvalue weighted by molar-refractivity contribution is 9.13. The van der Waals surface area contributed by atoms with Gasteiger partial charge in [0.05, 0.1) is 20.9 Å².